The van der Waals surface area contributed by atoms with E-state index in [0.29, 0.717) is 30.4 Å². The topological polar surface area (TPSA) is 64.6 Å². The van der Waals surface area contributed by atoms with Gasteiger partial charge in [-0.2, -0.15) is 0 Å². The summed E-state index contributed by atoms with van der Waals surface area (Å²) in [7, 11) is -0.922. The fourth-order valence-corrected chi connectivity index (χ4v) is 2.34. The molecule has 0 radical (unpaired) electrons. The minimum atomic E-state index is -0.922. The summed E-state index contributed by atoms with van der Waals surface area (Å²) in [6, 6.07) is 17.1. The highest BCUT2D eigenvalue weighted by molar-refractivity contribution is 7.84. The van der Waals surface area contributed by atoms with E-state index >= 15 is 0 Å². The molecular weight excluding hydrogens is 326 g/mol. The van der Waals surface area contributed by atoms with Gasteiger partial charge >= 0.3 is 0 Å². The van der Waals surface area contributed by atoms with Crippen LogP contribution in [0.3, 0.4) is 0 Å². The van der Waals surface area contributed by atoms with E-state index in [4.69, 9.17) is 9.47 Å². The molecular formula is C18H21NO4S. The molecule has 6 heteroatoms. The van der Waals surface area contributed by atoms with Gasteiger partial charge in [0, 0.05) is 29.4 Å². The Morgan fingerprint density at radius 2 is 1.62 bits per heavy atom. The van der Waals surface area contributed by atoms with E-state index in [1.54, 1.807) is 18.4 Å². The Kier molecular flexibility index (Phi) is 7.29. The van der Waals surface area contributed by atoms with Crippen LogP contribution in [0.4, 0.5) is 0 Å². The van der Waals surface area contributed by atoms with E-state index in [9.17, 15) is 9.00 Å². The van der Waals surface area contributed by atoms with E-state index < -0.39 is 10.8 Å². The Hall–Kier alpha value is -2.34. The summed E-state index contributed by atoms with van der Waals surface area (Å²) in [6.07, 6.45) is 1.60. The lowest BCUT2D eigenvalue weighted by Gasteiger charge is -2.12. The normalized spacial score (nSPS) is 11.5. The molecule has 1 N–H and O–H groups in total. The van der Waals surface area contributed by atoms with Crippen LogP contribution in [0.1, 0.15) is 5.56 Å². The molecule has 24 heavy (non-hydrogen) atoms. The standard InChI is InChI=1S/C18H21NO4S/c1-24(21)12-11-19-18(20)14-23-17-10-6-5-9-16(17)22-13-15-7-3-2-4-8-15/h2-10H,11-14H2,1H3,(H,19,20). The number of carbonyl (C=O) groups excluding carboxylic acids is 1. The second-order valence-electron chi connectivity index (χ2n) is 5.14. The molecule has 0 bridgehead atoms. The van der Waals surface area contributed by atoms with Crippen LogP contribution in [-0.2, 0) is 22.2 Å². The number of amides is 1. The number of hydrogen-bond donors (Lipinski definition) is 1. The molecule has 0 heterocycles. The average Bonchev–Trinajstić information content (AvgIpc) is 2.59. The van der Waals surface area contributed by atoms with Gasteiger partial charge in [-0.05, 0) is 17.7 Å². The summed E-state index contributed by atoms with van der Waals surface area (Å²) in [4.78, 5) is 11.7. The van der Waals surface area contributed by atoms with Gasteiger partial charge in [0.25, 0.3) is 5.91 Å². The average molecular weight is 347 g/mol. The zero-order chi connectivity index (χ0) is 17.2. The third kappa shape index (κ3) is 6.42. The molecule has 1 unspecified atom stereocenters. The maximum atomic E-state index is 11.7. The Bertz CT molecular complexity index is 676. The molecule has 0 saturated carbocycles. The number of benzene rings is 2. The largest absolute Gasteiger partial charge is 0.485 e. The second-order valence-corrected chi connectivity index (χ2v) is 6.69. The first kappa shape index (κ1) is 18.0. The Morgan fingerprint density at radius 3 is 2.29 bits per heavy atom. The third-order valence-corrected chi connectivity index (χ3v) is 3.94. The van der Waals surface area contributed by atoms with Crippen LogP contribution in [0, 0.1) is 0 Å². The van der Waals surface area contributed by atoms with Crippen molar-refractivity contribution in [1.82, 2.24) is 5.32 Å². The zero-order valence-corrected chi connectivity index (χ0v) is 14.4. The van der Waals surface area contributed by atoms with Crippen LogP contribution >= 0.6 is 0 Å². The molecule has 2 aromatic rings. The maximum Gasteiger partial charge on any atom is 0.257 e. The zero-order valence-electron chi connectivity index (χ0n) is 13.6. The van der Waals surface area contributed by atoms with Crippen molar-refractivity contribution < 1.29 is 18.5 Å². The van der Waals surface area contributed by atoms with E-state index in [1.807, 2.05) is 42.5 Å². The predicted molar refractivity (Wildman–Crippen MR) is 94.7 cm³/mol. The minimum Gasteiger partial charge on any atom is -0.485 e. The molecule has 2 rings (SSSR count). The number of nitrogens with one attached hydrogen (secondary N) is 1. The smallest absolute Gasteiger partial charge is 0.257 e. The van der Waals surface area contributed by atoms with Crippen LogP contribution in [0.15, 0.2) is 54.6 Å². The van der Waals surface area contributed by atoms with Crippen LogP contribution in [-0.4, -0.2) is 35.3 Å². The van der Waals surface area contributed by atoms with Gasteiger partial charge in [0.1, 0.15) is 6.61 Å². The molecule has 2 aromatic carbocycles. The molecule has 128 valence electrons. The number of carbonyl (C=O) groups is 1. The van der Waals surface area contributed by atoms with Crippen LogP contribution < -0.4 is 14.8 Å². The van der Waals surface area contributed by atoms with Crippen LogP contribution in [0.5, 0.6) is 11.5 Å². The van der Waals surface area contributed by atoms with Crippen molar-refractivity contribution in [3.05, 3.63) is 60.2 Å². The summed E-state index contributed by atoms with van der Waals surface area (Å²) < 4.78 is 22.3. The second kappa shape index (κ2) is 9.72. The fourth-order valence-electron chi connectivity index (χ4n) is 1.95. The number of rotatable bonds is 9. The van der Waals surface area contributed by atoms with Gasteiger partial charge in [0.15, 0.2) is 18.1 Å². The van der Waals surface area contributed by atoms with Gasteiger partial charge in [0.05, 0.1) is 0 Å². The predicted octanol–water partition coefficient (Wildman–Crippen LogP) is 2.14. The molecule has 0 spiro atoms. The molecule has 5 nitrogen and oxygen atoms in total. The van der Waals surface area contributed by atoms with Crippen LogP contribution in [0.25, 0.3) is 0 Å². The van der Waals surface area contributed by atoms with E-state index in [0.717, 1.165) is 5.56 Å². The number of hydrogen-bond acceptors (Lipinski definition) is 4. The van der Waals surface area contributed by atoms with Crippen molar-refractivity contribution in [2.75, 3.05) is 25.2 Å². The summed E-state index contributed by atoms with van der Waals surface area (Å²) in [5, 5.41) is 2.66. The first-order valence-electron chi connectivity index (χ1n) is 7.60. The van der Waals surface area contributed by atoms with Crippen molar-refractivity contribution >= 4 is 16.7 Å². The maximum absolute atomic E-state index is 11.7. The van der Waals surface area contributed by atoms with Crippen molar-refractivity contribution in [3.63, 3.8) is 0 Å². The molecule has 0 fully saturated rings. The third-order valence-electron chi connectivity index (χ3n) is 3.16. The first-order valence-corrected chi connectivity index (χ1v) is 9.33. The quantitative estimate of drug-likeness (QED) is 0.755. The Balaban J connectivity index is 1.84. The highest BCUT2D eigenvalue weighted by Crippen LogP contribution is 2.27. The van der Waals surface area contributed by atoms with Crippen LogP contribution in [0.2, 0.25) is 0 Å². The summed E-state index contributed by atoms with van der Waals surface area (Å²) in [6.45, 7) is 0.690. The number of para-hydroxylation sites is 2. The molecule has 0 aliphatic carbocycles. The Labute approximate surface area is 144 Å². The molecule has 0 aliphatic rings. The molecule has 1 atom stereocenters. The summed E-state index contributed by atoms with van der Waals surface area (Å²) in [5.41, 5.74) is 1.05. The lowest BCUT2D eigenvalue weighted by molar-refractivity contribution is -0.122. The van der Waals surface area contributed by atoms with Gasteiger partial charge in [-0.15, -0.1) is 0 Å². The van der Waals surface area contributed by atoms with Crippen molar-refractivity contribution in [3.8, 4) is 11.5 Å². The molecule has 0 aromatic heterocycles. The fraction of sp³-hybridized carbons (Fsp3) is 0.278. The first-order chi connectivity index (χ1) is 11.6. The molecule has 1 amide bonds. The molecule has 0 aliphatic heterocycles. The van der Waals surface area contributed by atoms with E-state index in [1.165, 1.54) is 0 Å². The van der Waals surface area contributed by atoms with E-state index in [-0.39, 0.29) is 12.5 Å². The lowest BCUT2D eigenvalue weighted by Crippen LogP contribution is -2.31. The summed E-state index contributed by atoms with van der Waals surface area (Å²) in [5.74, 6) is 1.28. The lowest BCUT2D eigenvalue weighted by atomic mass is 10.2. The Morgan fingerprint density at radius 1 is 1.00 bits per heavy atom. The summed E-state index contributed by atoms with van der Waals surface area (Å²) >= 11 is 0. The minimum absolute atomic E-state index is 0.109. The van der Waals surface area contributed by atoms with Gasteiger partial charge < -0.3 is 14.8 Å². The van der Waals surface area contributed by atoms with Gasteiger partial charge in [-0.1, -0.05) is 42.5 Å². The van der Waals surface area contributed by atoms with E-state index in [2.05, 4.69) is 5.32 Å². The SMILES string of the molecule is CS(=O)CCNC(=O)COc1ccccc1OCc1ccccc1. The molecule has 0 saturated heterocycles. The highest BCUT2D eigenvalue weighted by atomic mass is 32.2. The van der Waals surface area contributed by atoms with Gasteiger partial charge in [-0.25, -0.2) is 0 Å². The van der Waals surface area contributed by atoms with Crippen molar-refractivity contribution in [1.29, 1.82) is 0 Å². The highest BCUT2D eigenvalue weighted by Gasteiger charge is 2.08. The van der Waals surface area contributed by atoms with Gasteiger partial charge in [-0.3, -0.25) is 9.00 Å². The van der Waals surface area contributed by atoms with Crippen molar-refractivity contribution in [2.45, 2.75) is 6.61 Å². The monoisotopic (exact) mass is 347 g/mol. The number of ether oxygens (including phenoxy) is 2. The van der Waals surface area contributed by atoms with Crippen molar-refractivity contribution in [2.24, 2.45) is 0 Å². The van der Waals surface area contributed by atoms with Gasteiger partial charge in [0.2, 0.25) is 0 Å².